The Morgan fingerprint density at radius 2 is 1.01 bits per heavy atom. The Balaban J connectivity index is 1.06. The van der Waals surface area contributed by atoms with Crippen molar-refractivity contribution in [1.29, 1.82) is 0 Å². The van der Waals surface area contributed by atoms with E-state index in [0.717, 1.165) is 42.7 Å². The second-order valence-corrected chi connectivity index (χ2v) is 31.7. The molecule has 4 heterocycles. The first-order valence-corrected chi connectivity index (χ1v) is 33.8. The third-order valence-corrected chi connectivity index (χ3v) is 23.6. The average Bonchev–Trinajstić information content (AvgIpc) is 1.56. The van der Waals surface area contributed by atoms with E-state index in [1.165, 1.54) is 139 Å². The fourth-order valence-corrected chi connectivity index (χ4v) is 18.2. The quantitative estimate of drug-likeness (QED) is 0.147. The number of thiophene rings is 1. The van der Waals surface area contributed by atoms with Gasteiger partial charge in [-0.05, 0) is 199 Å². The van der Waals surface area contributed by atoms with Crippen molar-refractivity contribution < 1.29 is 0 Å². The van der Waals surface area contributed by atoms with Crippen molar-refractivity contribution in [3.63, 3.8) is 0 Å². The third kappa shape index (κ3) is 8.49. The molecule has 0 saturated heterocycles. The highest BCUT2D eigenvalue weighted by molar-refractivity contribution is 7.26. The number of benzene rings is 10. The lowest BCUT2D eigenvalue weighted by Gasteiger charge is -2.53. The van der Waals surface area contributed by atoms with Gasteiger partial charge < -0.3 is 14.7 Å². The minimum absolute atomic E-state index is 0.00566. The van der Waals surface area contributed by atoms with Crippen LogP contribution in [0.2, 0.25) is 0 Å². The van der Waals surface area contributed by atoms with Crippen LogP contribution in [0.25, 0.3) is 53.6 Å². The normalized spacial score (nSPS) is 19.4. The Hall–Kier alpha value is -8.12. The van der Waals surface area contributed by atoms with Gasteiger partial charge in [-0.3, -0.25) is 0 Å². The molecule has 11 aromatic rings. The summed E-state index contributed by atoms with van der Waals surface area (Å²) in [5.74, 6) is 0. The van der Waals surface area contributed by atoms with Crippen LogP contribution < -0.4 is 31.1 Å². The highest BCUT2D eigenvalue weighted by Gasteiger charge is 2.62. The first kappa shape index (κ1) is 56.1. The number of hydrogen-bond donors (Lipinski definition) is 0. The lowest BCUT2D eigenvalue weighted by atomic mass is 9.33. The molecule has 3 nitrogen and oxygen atoms in total. The number of anilines is 8. The summed E-state index contributed by atoms with van der Waals surface area (Å²) in [4.78, 5) is 8.25. The van der Waals surface area contributed by atoms with E-state index in [9.17, 15) is 0 Å². The van der Waals surface area contributed by atoms with Gasteiger partial charge in [-0.1, -0.05) is 222 Å². The smallest absolute Gasteiger partial charge is 0.252 e. The number of nitrogens with zero attached hydrogens (tertiary/aromatic N) is 3. The van der Waals surface area contributed by atoms with E-state index in [1.54, 1.807) is 0 Å². The number of rotatable bonds is 7. The molecule has 1 fully saturated rings. The zero-order valence-corrected chi connectivity index (χ0v) is 55.0. The van der Waals surface area contributed by atoms with Gasteiger partial charge in [0.25, 0.3) is 6.71 Å². The molecule has 5 heteroatoms. The molecule has 0 spiro atoms. The fourth-order valence-electron chi connectivity index (χ4n) is 17.0. The highest BCUT2D eigenvalue weighted by atomic mass is 32.1. The van der Waals surface area contributed by atoms with E-state index < -0.39 is 0 Å². The molecule has 2 unspecified atom stereocenters. The summed E-state index contributed by atoms with van der Waals surface area (Å²) in [6.45, 7) is 29.1. The van der Waals surface area contributed by atoms with Gasteiger partial charge in [-0.15, -0.1) is 11.3 Å². The molecule has 0 bridgehead atoms. The monoisotopic (exact) mass is 1180 g/mol. The summed E-state index contributed by atoms with van der Waals surface area (Å²) in [5.41, 5.74) is 28.4. The lowest BCUT2D eigenvalue weighted by molar-refractivity contribution is 0.195. The molecule has 5 aliphatic rings. The third-order valence-electron chi connectivity index (χ3n) is 22.4. The molecule has 3 aliphatic heterocycles. The molecule has 1 aromatic heterocycles. The summed E-state index contributed by atoms with van der Waals surface area (Å²) in [6, 6.07) is 81.0. The van der Waals surface area contributed by atoms with Crippen LogP contribution in [0.5, 0.6) is 0 Å². The van der Waals surface area contributed by atoms with Crippen LogP contribution in [-0.4, -0.2) is 12.3 Å². The zero-order chi connectivity index (χ0) is 61.3. The van der Waals surface area contributed by atoms with Crippen LogP contribution in [0.1, 0.15) is 149 Å². The van der Waals surface area contributed by atoms with E-state index in [1.807, 2.05) is 11.3 Å². The Labute approximate surface area is 533 Å². The summed E-state index contributed by atoms with van der Waals surface area (Å²) in [7, 11) is 0. The van der Waals surface area contributed by atoms with Crippen molar-refractivity contribution in [1.82, 2.24) is 0 Å². The van der Waals surface area contributed by atoms with E-state index in [0.29, 0.717) is 0 Å². The fraction of sp³-hybridized carbons (Fsp3) is 0.286. The van der Waals surface area contributed by atoms with Gasteiger partial charge in [0.15, 0.2) is 0 Å². The predicted molar refractivity (Wildman–Crippen MR) is 385 cm³/mol. The molecule has 0 N–H and O–H groups in total. The van der Waals surface area contributed by atoms with Crippen LogP contribution in [0.3, 0.4) is 0 Å². The molecule has 10 aromatic carbocycles. The Kier molecular flexibility index (Phi) is 12.4. The molecular formula is C84H82BN3S. The molecule has 16 rings (SSSR count). The van der Waals surface area contributed by atoms with Crippen LogP contribution >= 0.6 is 11.3 Å². The van der Waals surface area contributed by atoms with Crippen LogP contribution in [0.15, 0.2) is 206 Å². The second-order valence-electron chi connectivity index (χ2n) is 30.7. The molecule has 1 saturated carbocycles. The maximum atomic E-state index is 2.94. The molecule has 2 aliphatic carbocycles. The first-order valence-electron chi connectivity index (χ1n) is 32.9. The van der Waals surface area contributed by atoms with Gasteiger partial charge in [0, 0.05) is 71.0 Å². The van der Waals surface area contributed by atoms with E-state index >= 15 is 0 Å². The molecule has 0 amide bonds. The minimum atomic E-state index is -0.185. The van der Waals surface area contributed by atoms with E-state index in [-0.39, 0.29) is 39.3 Å². The topological polar surface area (TPSA) is 9.72 Å². The van der Waals surface area contributed by atoms with Crippen LogP contribution in [0, 0.1) is 0 Å². The SMILES string of the molecule is CC(C)(C)c1ccc(N(c2ccc(C(C)(C)C)cc2)c2ccc3c(c2)N(c2cc4c(cc2-c2ccccc2)C(C)(C)CCC4(C)C)c2cc(-c4cccc5c4sc4ccccc45)cc4c2B3c2cc(-c3ccccc3)cc3c2N4C2(C)CCCCC32C)cc1. The van der Waals surface area contributed by atoms with E-state index in [4.69, 9.17) is 0 Å². The molecular weight excluding hydrogens is 1090 g/mol. The van der Waals surface area contributed by atoms with Gasteiger partial charge in [-0.25, -0.2) is 0 Å². The summed E-state index contributed by atoms with van der Waals surface area (Å²) < 4.78 is 2.67. The zero-order valence-electron chi connectivity index (χ0n) is 54.2. The van der Waals surface area contributed by atoms with Gasteiger partial charge in [-0.2, -0.15) is 0 Å². The van der Waals surface area contributed by atoms with Crippen molar-refractivity contribution in [2.75, 3.05) is 14.7 Å². The van der Waals surface area contributed by atoms with Gasteiger partial charge >= 0.3 is 0 Å². The number of fused-ring (bicyclic) bond motifs is 11. The van der Waals surface area contributed by atoms with Crippen LogP contribution in [0.4, 0.5) is 45.5 Å². The average molecular weight is 1180 g/mol. The Morgan fingerprint density at radius 3 is 1.67 bits per heavy atom. The van der Waals surface area contributed by atoms with Gasteiger partial charge in [0.05, 0.1) is 11.2 Å². The maximum Gasteiger partial charge on any atom is 0.252 e. The maximum absolute atomic E-state index is 2.94. The van der Waals surface area contributed by atoms with Crippen molar-refractivity contribution in [2.45, 2.75) is 154 Å². The predicted octanol–water partition coefficient (Wildman–Crippen LogP) is 21.8. The van der Waals surface area contributed by atoms with Crippen LogP contribution in [-0.2, 0) is 27.1 Å². The minimum Gasteiger partial charge on any atom is -0.335 e. The number of hydrogen-bond acceptors (Lipinski definition) is 4. The highest BCUT2D eigenvalue weighted by Crippen LogP contribution is 2.63. The summed E-state index contributed by atoms with van der Waals surface area (Å²) in [5, 5.41) is 2.65. The Morgan fingerprint density at radius 1 is 0.427 bits per heavy atom. The molecule has 0 radical (unpaired) electrons. The van der Waals surface area contributed by atoms with Crippen molar-refractivity contribution in [3.8, 4) is 33.4 Å². The first-order chi connectivity index (χ1) is 42.6. The largest absolute Gasteiger partial charge is 0.335 e. The van der Waals surface area contributed by atoms with Crippen molar-refractivity contribution in [3.05, 3.63) is 234 Å². The standard InChI is InChI=1S/C84H82BN3S/c1-79(2,3)57-32-36-59(37-33-57)86(60-38-34-58(35-39-60)80(4,5)6)61-40-41-69-72(50-61)87(71-52-67-66(81(7,8)44-45-82(67,9)10)51-65(71)54-26-17-14-18-27-54)73-48-56(62-29-23-30-64-63-28-19-20-31-75(63)89-78(62)64)49-74-76(73)85(69)70-47-55(53-24-15-13-16-25-53)46-68-77(70)88(74)84(12)43-22-21-42-83(68,84)11/h13-20,23-41,46-52H,21-22,42-45H2,1-12H3. The lowest BCUT2D eigenvalue weighted by Crippen LogP contribution is -2.64. The second kappa shape index (κ2) is 19.7. The molecule has 89 heavy (non-hydrogen) atoms. The Bertz CT molecular complexity index is 4620. The molecule has 2 atom stereocenters. The van der Waals surface area contributed by atoms with Crippen molar-refractivity contribution >= 4 is 100 Å². The summed E-state index contributed by atoms with van der Waals surface area (Å²) >= 11 is 1.94. The van der Waals surface area contributed by atoms with Crippen molar-refractivity contribution in [2.24, 2.45) is 0 Å². The van der Waals surface area contributed by atoms with Gasteiger partial charge in [0.1, 0.15) is 0 Å². The van der Waals surface area contributed by atoms with Gasteiger partial charge in [0.2, 0.25) is 0 Å². The summed E-state index contributed by atoms with van der Waals surface area (Å²) in [6.07, 6.45) is 6.96. The molecule has 442 valence electrons. The van der Waals surface area contributed by atoms with E-state index in [2.05, 4.69) is 304 Å².